The van der Waals surface area contributed by atoms with Crippen molar-refractivity contribution in [1.29, 1.82) is 0 Å². The number of allylic oxidation sites excluding steroid dienone is 1. The first-order chi connectivity index (χ1) is 5.38. The van der Waals surface area contributed by atoms with Gasteiger partial charge in [0, 0.05) is 0 Å². The van der Waals surface area contributed by atoms with E-state index < -0.39 is 0 Å². The molecule has 64 valence electrons. The number of hydrogen-bond donors (Lipinski definition) is 1. The van der Waals surface area contributed by atoms with Gasteiger partial charge in [-0.15, -0.1) is 6.58 Å². The van der Waals surface area contributed by atoms with Crippen molar-refractivity contribution < 1.29 is 0 Å². The van der Waals surface area contributed by atoms with Crippen LogP contribution in [0, 0.1) is 11.8 Å². The molecule has 1 N–H and O–H groups in total. The minimum Gasteiger partial charge on any atom is -0.317 e. The molecule has 1 fully saturated rings. The van der Waals surface area contributed by atoms with Gasteiger partial charge >= 0.3 is 0 Å². The number of rotatable bonds is 3. The Labute approximate surface area is 69.9 Å². The van der Waals surface area contributed by atoms with Crippen LogP contribution in [0.15, 0.2) is 12.7 Å². The fraction of sp³-hybridized carbons (Fsp3) is 0.800. The molecule has 1 aliphatic rings. The summed E-state index contributed by atoms with van der Waals surface area (Å²) in [6.45, 7) is 8.55. The van der Waals surface area contributed by atoms with Gasteiger partial charge in [-0.2, -0.15) is 0 Å². The van der Waals surface area contributed by atoms with E-state index in [0.29, 0.717) is 0 Å². The van der Waals surface area contributed by atoms with Gasteiger partial charge in [-0.05, 0) is 44.2 Å². The van der Waals surface area contributed by atoms with Crippen LogP contribution >= 0.6 is 0 Å². The highest BCUT2D eigenvalue weighted by molar-refractivity contribution is 4.85. The first-order valence-electron chi connectivity index (χ1n) is 4.71. The van der Waals surface area contributed by atoms with E-state index in [-0.39, 0.29) is 0 Å². The maximum Gasteiger partial charge on any atom is -0.00461 e. The van der Waals surface area contributed by atoms with Gasteiger partial charge in [0.2, 0.25) is 0 Å². The summed E-state index contributed by atoms with van der Waals surface area (Å²) in [6, 6.07) is 0. The predicted octanol–water partition coefficient (Wildman–Crippen LogP) is 2.20. The lowest BCUT2D eigenvalue weighted by Crippen LogP contribution is -2.30. The van der Waals surface area contributed by atoms with Crippen LogP contribution in [-0.2, 0) is 0 Å². The highest BCUT2D eigenvalue weighted by Gasteiger charge is 2.18. The maximum atomic E-state index is 3.89. The van der Waals surface area contributed by atoms with Gasteiger partial charge in [0.05, 0.1) is 0 Å². The number of piperidine rings is 1. The molecule has 1 heterocycles. The minimum atomic E-state index is 0.761. The molecule has 0 radical (unpaired) electrons. The monoisotopic (exact) mass is 153 g/mol. The quantitative estimate of drug-likeness (QED) is 0.613. The molecule has 0 spiro atoms. The Balaban J connectivity index is 2.35. The Morgan fingerprint density at radius 2 is 2.18 bits per heavy atom. The Morgan fingerprint density at radius 3 is 2.64 bits per heavy atom. The summed E-state index contributed by atoms with van der Waals surface area (Å²) in [5.41, 5.74) is 0. The summed E-state index contributed by atoms with van der Waals surface area (Å²) in [5, 5.41) is 3.38. The molecule has 1 unspecified atom stereocenters. The fourth-order valence-corrected chi connectivity index (χ4v) is 1.96. The zero-order valence-corrected chi connectivity index (χ0v) is 7.47. The Bertz CT molecular complexity index is 114. The van der Waals surface area contributed by atoms with Crippen LogP contribution in [0.25, 0.3) is 0 Å². The Morgan fingerprint density at radius 1 is 1.55 bits per heavy atom. The van der Waals surface area contributed by atoms with Crippen molar-refractivity contribution in [2.75, 3.05) is 13.1 Å². The maximum absolute atomic E-state index is 3.89. The Hall–Kier alpha value is -0.300. The lowest BCUT2D eigenvalue weighted by atomic mass is 9.83. The van der Waals surface area contributed by atoms with E-state index in [9.17, 15) is 0 Å². The van der Waals surface area contributed by atoms with Gasteiger partial charge in [0.1, 0.15) is 0 Å². The molecule has 0 bridgehead atoms. The fourth-order valence-electron chi connectivity index (χ4n) is 1.96. The van der Waals surface area contributed by atoms with Crippen molar-refractivity contribution in [3.05, 3.63) is 12.7 Å². The van der Waals surface area contributed by atoms with Gasteiger partial charge in [-0.25, -0.2) is 0 Å². The SMILES string of the molecule is C=CC(CC)C1CCNCC1. The van der Waals surface area contributed by atoms with Gasteiger partial charge in [-0.1, -0.05) is 13.0 Å². The molecular formula is C10H19N. The van der Waals surface area contributed by atoms with Crippen LogP contribution in [-0.4, -0.2) is 13.1 Å². The van der Waals surface area contributed by atoms with E-state index in [0.717, 1.165) is 11.8 Å². The third-order valence-corrected chi connectivity index (χ3v) is 2.76. The summed E-state index contributed by atoms with van der Waals surface area (Å²) in [4.78, 5) is 0. The van der Waals surface area contributed by atoms with Gasteiger partial charge < -0.3 is 5.32 Å². The normalized spacial score (nSPS) is 23.0. The molecule has 0 aromatic rings. The standard InChI is InChI=1S/C10H19N/c1-3-9(4-2)10-5-7-11-8-6-10/h3,9-11H,1,4-8H2,2H3. The average Bonchev–Trinajstić information content (AvgIpc) is 2.09. The third-order valence-electron chi connectivity index (χ3n) is 2.76. The van der Waals surface area contributed by atoms with Crippen LogP contribution in [0.5, 0.6) is 0 Å². The zero-order valence-electron chi connectivity index (χ0n) is 7.47. The topological polar surface area (TPSA) is 12.0 Å². The average molecular weight is 153 g/mol. The molecular weight excluding hydrogens is 134 g/mol. The van der Waals surface area contributed by atoms with E-state index in [1.807, 2.05) is 0 Å². The largest absolute Gasteiger partial charge is 0.317 e. The summed E-state index contributed by atoms with van der Waals surface area (Å²) in [7, 11) is 0. The van der Waals surface area contributed by atoms with Crippen LogP contribution in [0.2, 0.25) is 0 Å². The molecule has 1 aliphatic heterocycles. The highest BCUT2D eigenvalue weighted by atomic mass is 14.9. The first-order valence-corrected chi connectivity index (χ1v) is 4.71. The smallest absolute Gasteiger partial charge is 0.00461 e. The zero-order chi connectivity index (χ0) is 8.10. The molecule has 1 saturated heterocycles. The van der Waals surface area contributed by atoms with Crippen LogP contribution in [0.1, 0.15) is 26.2 Å². The second kappa shape index (κ2) is 4.55. The molecule has 0 aromatic carbocycles. The lowest BCUT2D eigenvalue weighted by Gasteiger charge is -2.27. The van der Waals surface area contributed by atoms with E-state index in [4.69, 9.17) is 0 Å². The minimum absolute atomic E-state index is 0.761. The van der Waals surface area contributed by atoms with Crippen molar-refractivity contribution in [2.24, 2.45) is 11.8 Å². The summed E-state index contributed by atoms with van der Waals surface area (Å²) < 4.78 is 0. The second-order valence-electron chi connectivity index (χ2n) is 3.40. The molecule has 1 heteroatoms. The van der Waals surface area contributed by atoms with Gasteiger partial charge in [-0.3, -0.25) is 0 Å². The van der Waals surface area contributed by atoms with Crippen LogP contribution in [0.4, 0.5) is 0 Å². The molecule has 1 rings (SSSR count). The van der Waals surface area contributed by atoms with Gasteiger partial charge in [0.15, 0.2) is 0 Å². The third kappa shape index (κ3) is 2.33. The molecule has 0 saturated carbocycles. The molecule has 0 aliphatic carbocycles. The van der Waals surface area contributed by atoms with E-state index in [1.54, 1.807) is 0 Å². The second-order valence-corrected chi connectivity index (χ2v) is 3.40. The van der Waals surface area contributed by atoms with E-state index >= 15 is 0 Å². The van der Waals surface area contributed by atoms with Crippen LogP contribution < -0.4 is 5.32 Å². The van der Waals surface area contributed by atoms with E-state index in [2.05, 4.69) is 24.9 Å². The summed E-state index contributed by atoms with van der Waals surface area (Å²) in [5.74, 6) is 1.66. The first kappa shape index (κ1) is 8.79. The Kier molecular flexibility index (Phi) is 3.64. The predicted molar refractivity (Wildman–Crippen MR) is 49.6 cm³/mol. The van der Waals surface area contributed by atoms with Crippen molar-refractivity contribution in [2.45, 2.75) is 26.2 Å². The highest BCUT2D eigenvalue weighted by Crippen LogP contribution is 2.24. The molecule has 1 nitrogen and oxygen atoms in total. The molecule has 1 atom stereocenters. The van der Waals surface area contributed by atoms with Crippen molar-refractivity contribution in [1.82, 2.24) is 5.32 Å². The lowest BCUT2D eigenvalue weighted by molar-refractivity contribution is 0.294. The van der Waals surface area contributed by atoms with Gasteiger partial charge in [0.25, 0.3) is 0 Å². The summed E-state index contributed by atoms with van der Waals surface area (Å²) >= 11 is 0. The molecule has 11 heavy (non-hydrogen) atoms. The summed E-state index contributed by atoms with van der Waals surface area (Å²) in [6.07, 6.45) is 6.07. The van der Waals surface area contributed by atoms with Crippen LogP contribution in [0.3, 0.4) is 0 Å². The number of nitrogens with one attached hydrogen (secondary N) is 1. The van der Waals surface area contributed by atoms with Crippen molar-refractivity contribution in [3.8, 4) is 0 Å². The number of hydrogen-bond acceptors (Lipinski definition) is 1. The van der Waals surface area contributed by atoms with Crippen molar-refractivity contribution in [3.63, 3.8) is 0 Å². The molecule has 0 amide bonds. The van der Waals surface area contributed by atoms with Crippen molar-refractivity contribution >= 4 is 0 Å². The van der Waals surface area contributed by atoms with E-state index in [1.165, 1.54) is 32.4 Å². The molecule has 0 aromatic heterocycles.